The predicted molar refractivity (Wildman–Crippen MR) is 119 cm³/mol. The monoisotopic (exact) mass is 442 g/mol. The van der Waals surface area contributed by atoms with Crippen LogP contribution >= 0.6 is 0 Å². The van der Waals surface area contributed by atoms with E-state index in [1.807, 2.05) is 48.0 Å². The first-order valence-corrected chi connectivity index (χ1v) is 11.9. The maximum absolute atomic E-state index is 13.8. The Kier molecular flexibility index (Phi) is 3.36. The van der Waals surface area contributed by atoms with Crippen LogP contribution < -0.4 is 0 Å². The van der Waals surface area contributed by atoms with Crippen molar-refractivity contribution in [1.29, 1.82) is 0 Å². The van der Waals surface area contributed by atoms with Gasteiger partial charge in [0.25, 0.3) is 10.0 Å². The van der Waals surface area contributed by atoms with Crippen molar-refractivity contribution < 1.29 is 12.8 Å². The molecule has 0 saturated heterocycles. The summed E-state index contributed by atoms with van der Waals surface area (Å²) in [5.41, 5.74) is 5.62. The molecule has 3 aliphatic rings. The predicted octanol–water partition coefficient (Wildman–Crippen LogP) is 4.15. The Hall–Kier alpha value is -3.65. The quantitative estimate of drug-likeness (QED) is 0.466. The summed E-state index contributed by atoms with van der Waals surface area (Å²) in [5, 5.41) is 9.29. The SMILES string of the molecule is Cc1ccc(S(=O)(=O)N2C=C3Cn4nncc4C4=Cc5c(oc6ccccc56)[C@H]2[C@H]34)cc1. The highest BCUT2D eigenvalue weighted by atomic mass is 32.2. The van der Waals surface area contributed by atoms with Crippen molar-refractivity contribution in [3.05, 3.63) is 89.1 Å². The molecule has 0 unspecified atom stereocenters. The van der Waals surface area contributed by atoms with E-state index in [1.165, 1.54) is 4.31 Å². The highest BCUT2D eigenvalue weighted by Crippen LogP contribution is 2.56. The number of hydrogen-bond acceptors (Lipinski definition) is 5. The van der Waals surface area contributed by atoms with E-state index in [9.17, 15) is 8.42 Å². The molecular formula is C24H18N4O3S. The second-order valence-corrected chi connectivity index (χ2v) is 10.4. The minimum atomic E-state index is -3.79. The lowest BCUT2D eigenvalue weighted by atomic mass is 9.77. The Morgan fingerprint density at radius 3 is 2.75 bits per heavy atom. The van der Waals surface area contributed by atoms with E-state index in [4.69, 9.17) is 4.42 Å². The fourth-order valence-corrected chi connectivity index (χ4v) is 6.72. The molecule has 7 nitrogen and oxygen atoms in total. The first kappa shape index (κ1) is 18.0. The average Bonchev–Trinajstić information content (AvgIpc) is 3.50. The molecule has 0 N–H and O–H groups in total. The van der Waals surface area contributed by atoms with Crippen molar-refractivity contribution in [2.24, 2.45) is 5.92 Å². The molecule has 1 aliphatic carbocycles. The zero-order chi connectivity index (χ0) is 21.6. The van der Waals surface area contributed by atoms with Crippen LogP contribution in [0.3, 0.4) is 0 Å². The van der Waals surface area contributed by atoms with Crippen LogP contribution in [-0.4, -0.2) is 27.7 Å². The summed E-state index contributed by atoms with van der Waals surface area (Å²) in [7, 11) is -3.79. The number of aryl methyl sites for hydroxylation is 1. The third-order valence-electron chi connectivity index (χ3n) is 6.69. The van der Waals surface area contributed by atoms with Gasteiger partial charge < -0.3 is 4.42 Å². The first-order chi connectivity index (χ1) is 15.5. The van der Waals surface area contributed by atoms with E-state index in [-0.39, 0.29) is 10.8 Å². The zero-order valence-electron chi connectivity index (χ0n) is 17.1. The number of aromatic nitrogens is 3. The molecule has 2 aliphatic heterocycles. The number of sulfonamides is 1. The Morgan fingerprint density at radius 1 is 1.09 bits per heavy atom. The van der Waals surface area contributed by atoms with Gasteiger partial charge in [0.15, 0.2) is 0 Å². The molecule has 8 heteroatoms. The molecular weight excluding hydrogens is 424 g/mol. The van der Waals surface area contributed by atoms with Gasteiger partial charge in [-0.3, -0.25) is 4.31 Å². The molecule has 32 heavy (non-hydrogen) atoms. The van der Waals surface area contributed by atoms with Crippen molar-refractivity contribution in [3.63, 3.8) is 0 Å². The van der Waals surface area contributed by atoms with Gasteiger partial charge in [-0.15, -0.1) is 5.10 Å². The highest BCUT2D eigenvalue weighted by molar-refractivity contribution is 7.89. The van der Waals surface area contributed by atoms with Gasteiger partial charge in [0.2, 0.25) is 0 Å². The van der Waals surface area contributed by atoms with Gasteiger partial charge in [-0.1, -0.05) is 41.1 Å². The summed E-state index contributed by atoms with van der Waals surface area (Å²) >= 11 is 0. The molecule has 0 fully saturated rings. The third kappa shape index (κ3) is 2.22. The van der Waals surface area contributed by atoms with Crippen LogP contribution in [0, 0.1) is 12.8 Å². The molecule has 0 bridgehead atoms. The Balaban J connectivity index is 1.50. The van der Waals surface area contributed by atoms with Gasteiger partial charge in [-0.05, 0) is 42.3 Å². The largest absolute Gasteiger partial charge is 0.458 e. The minimum absolute atomic E-state index is 0.130. The summed E-state index contributed by atoms with van der Waals surface area (Å²) in [6.45, 7) is 2.44. The fraction of sp³-hybridized carbons (Fsp3) is 0.167. The zero-order valence-corrected chi connectivity index (χ0v) is 18.0. The summed E-state index contributed by atoms with van der Waals surface area (Å²) in [5.74, 6) is 0.553. The standard InChI is InChI=1S/C24H18N4O3S/c1-14-6-8-16(9-7-14)32(29,30)28-13-15-12-27-20(11-25-26-27)19-10-18-17-4-2-3-5-21(17)31-24(18)23(28)22(15)19/h2-11,13,22-23H,12H2,1H3/t22-,23-/m1/s1. The molecule has 4 heterocycles. The average molecular weight is 443 g/mol. The summed E-state index contributed by atoms with van der Waals surface area (Å²) in [6.07, 6.45) is 5.64. The molecule has 0 saturated carbocycles. The number of rotatable bonds is 2. The van der Waals surface area contributed by atoms with Crippen LogP contribution in [0.25, 0.3) is 22.6 Å². The van der Waals surface area contributed by atoms with Crippen LogP contribution in [0.1, 0.15) is 28.6 Å². The summed E-state index contributed by atoms with van der Waals surface area (Å²) in [6, 6.07) is 14.3. The van der Waals surface area contributed by atoms with Gasteiger partial charge >= 0.3 is 0 Å². The van der Waals surface area contributed by atoms with Gasteiger partial charge in [0.1, 0.15) is 17.4 Å². The molecule has 0 amide bonds. The van der Waals surface area contributed by atoms with Gasteiger partial charge in [0.05, 0.1) is 23.3 Å². The van der Waals surface area contributed by atoms with Crippen LogP contribution in [0.5, 0.6) is 0 Å². The second kappa shape index (κ2) is 5.98. The first-order valence-electron chi connectivity index (χ1n) is 10.4. The normalized spacial score (nSPS) is 21.1. The van der Waals surface area contributed by atoms with Crippen LogP contribution in [0.2, 0.25) is 0 Å². The molecule has 7 rings (SSSR count). The Labute approximate surface area is 184 Å². The Bertz CT molecular complexity index is 1590. The maximum Gasteiger partial charge on any atom is 0.264 e. The molecule has 2 aromatic heterocycles. The van der Waals surface area contributed by atoms with E-state index >= 15 is 0 Å². The number of benzene rings is 2. The topological polar surface area (TPSA) is 81.2 Å². The highest BCUT2D eigenvalue weighted by Gasteiger charge is 2.51. The fourth-order valence-electron chi connectivity index (χ4n) is 5.20. The smallest absolute Gasteiger partial charge is 0.264 e. The van der Waals surface area contributed by atoms with Crippen molar-refractivity contribution in [1.82, 2.24) is 19.3 Å². The third-order valence-corrected chi connectivity index (χ3v) is 8.45. The molecule has 2 aromatic carbocycles. The van der Waals surface area contributed by atoms with E-state index in [0.717, 1.165) is 38.9 Å². The lowest BCUT2D eigenvalue weighted by Crippen LogP contribution is -2.33. The van der Waals surface area contributed by atoms with Gasteiger partial charge in [-0.2, -0.15) is 0 Å². The van der Waals surface area contributed by atoms with E-state index in [1.54, 1.807) is 24.5 Å². The number of furan rings is 1. The number of hydrogen-bond donors (Lipinski definition) is 0. The number of para-hydroxylation sites is 1. The summed E-state index contributed by atoms with van der Waals surface area (Å²) in [4.78, 5) is 0.270. The van der Waals surface area contributed by atoms with Crippen molar-refractivity contribution in [2.45, 2.75) is 24.4 Å². The van der Waals surface area contributed by atoms with Crippen LogP contribution in [0.4, 0.5) is 0 Å². The van der Waals surface area contributed by atoms with Crippen molar-refractivity contribution in [3.8, 4) is 0 Å². The Morgan fingerprint density at radius 2 is 1.91 bits per heavy atom. The number of nitrogens with zero attached hydrogens (tertiary/aromatic N) is 4. The number of fused-ring (bicyclic) bond motifs is 6. The second-order valence-electron chi connectivity index (χ2n) is 8.53. The molecule has 158 valence electrons. The lowest BCUT2D eigenvalue weighted by Gasteiger charge is -2.34. The van der Waals surface area contributed by atoms with Gasteiger partial charge in [-0.25, -0.2) is 13.1 Å². The summed E-state index contributed by atoms with van der Waals surface area (Å²) < 4.78 is 37.2. The maximum atomic E-state index is 13.8. The van der Waals surface area contributed by atoms with Crippen LogP contribution in [-0.2, 0) is 16.6 Å². The van der Waals surface area contributed by atoms with E-state index in [0.29, 0.717) is 12.3 Å². The van der Waals surface area contributed by atoms with Gasteiger partial charge in [0, 0.05) is 23.1 Å². The van der Waals surface area contributed by atoms with E-state index in [2.05, 4.69) is 16.4 Å². The van der Waals surface area contributed by atoms with Crippen molar-refractivity contribution >= 4 is 32.6 Å². The minimum Gasteiger partial charge on any atom is -0.458 e. The molecule has 0 radical (unpaired) electrons. The van der Waals surface area contributed by atoms with E-state index < -0.39 is 16.1 Å². The molecule has 4 aromatic rings. The van der Waals surface area contributed by atoms with Crippen LogP contribution in [0.15, 0.2) is 75.8 Å². The molecule has 0 spiro atoms. The lowest BCUT2D eigenvalue weighted by molar-refractivity contribution is 0.334. The molecule has 2 atom stereocenters. The van der Waals surface area contributed by atoms with Crippen molar-refractivity contribution in [2.75, 3.05) is 0 Å².